The van der Waals surface area contributed by atoms with E-state index >= 15 is 0 Å². The van der Waals surface area contributed by atoms with Crippen molar-refractivity contribution in [3.63, 3.8) is 0 Å². The van der Waals surface area contributed by atoms with Crippen LogP contribution in [-0.2, 0) is 11.3 Å². The van der Waals surface area contributed by atoms with Gasteiger partial charge in [0.25, 0.3) is 0 Å². The zero-order valence-electron chi connectivity index (χ0n) is 10.9. The Morgan fingerprint density at radius 2 is 1.94 bits per heavy atom. The molecule has 0 saturated carbocycles. The van der Waals surface area contributed by atoms with Crippen LogP contribution in [0.1, 0.15) is 19.4 Å². The van der Waals surface area contributed by atoms with E-state index in [0.717, 1.165) is 0 Å². The summed E-state index contributed by atoms with van der Waals surface area (Å²) in [5.41, 5.74) is 0.406. The molecule has 1 N–H and O–H groups in total. The molecule has 0 aromatic heterocycles. The molecule has 18 heavy (non-hydrogen) atoms. The van der Waals surface area contributed by atoms with E-state index in [1.54, 1.807) is 25.3 Å². The van der Waals surface area contributed by atoms with Gasteiger partial charge in [-0.05, 0) is 19.9 Å². The summed E-state index contributed by atoms with van der Waals surface area (Å²) in [5, 5.41) is 3.16. The molecule has 0 unspecified atom stereocenters. The van der Waals surface area contributed by atoms with E-state index < -0.39 is 6.61 Å². The summed E-state index contributed by atoms with van der Waals surface area (Å²) >= 11 is 0. The molecule has 1 aromatic carbocycles. The molecule has 1 aromatic rings. The third kappa shape index (κ3) is 4.98. The number of methoxy groups -OCH3 is 1. The first kappa shape index (κ1) is 14.9. The maximum absolute atomic E-state index is 12.2. The van der Waals surface area contributed by atoms with Crippen LogP contribution in [0.25, 0.3) is 0 Å². The van der Waals surface area contributed by atoms with E-state index in [-0.39, 0.29) is 11.4 Å². The molecular weight excluding hydrogens is 240 g/mol. The second-order valence-corrected chi connectivity index (χ2v) is 4.55. The Morgan fingerprint density at radius 1 is 1.28 bits per heavy atom. The minimum Gasteiger partial charge on any atom is -0.434 e. The average Bonchev–Trinajstić information content (AvgIpc) is 2.30. The lowest BCUT2D eigenvalue weighted by Gasteiger charge is -2.23. The van der Waals surface area contributed by atoms with Gasteiger partial charge in [-0.3, -0.25) is 0 Å². The van der Waals surface area contributed by atoms with Crippen LogP contribution in [0.5, 0.6) is 5.75 Å². The van der Waals surface area contributed by atoms with Gasteiger partial charge in [-0.15, -0.1) is 0 Å². The van der Waals surface area contributed by atoms with Gasteiger partial charge in [0.1, 0.15) is 5.75 Å². The summed E-state index contributed by atoms with van der Waals surface area (Å²) in [6.07, 6.45) is 0. The molecule has 0 aliphatic heterocycles. The molecule has 3 nitrogen and oxygen atoms in total. The van der Waals surface area contributed by atoms with Gasteiger partial charge in [-0.2, -0.15) is 8.78 Å². The summed E-state index contributed by atoms with van der Waals surface area (Å²) in [6.45, 7) is 2.16. The van der Waals surface area contributed by atoms with Crippen molar-refractivity contribution in [2.75, 3.05) is 13.7 Å². The molecule has 0 radical (unpaired) electrons. The lowest BCUT2D eigenvalue weighted by atomic mass is 10.1. The minimum atomic E-state index is -2.80. The first-order valence-corrected chi connectivity index (χ1v) is 5.73. The zero-order valence-corrected chi connectivity index (χ0v) is 10.9. The van der Waals surface area contributed by atoms with Crippen molar-refractivity contribution in [2.24, 2.45) is 0 Å². The molecule has 0 aliphatic rings. The van der Waals surface area contributed by atoms with Gasteiger partial charge in [0.15, 0.2) is 0 Å². The largest absolute Gasteiger partial charge is 0.434 e. The quantitative estimate of drug-likeness (QED) is 0.816. The SMILES string of the molecule is COC(C)(C)CNCc1ccccc1OC(F)F. The fourth-order valence-electron chi connectivity index (χ4n) is 1.43. The Balaban J connectivity index is 2.56. The fourth-order valence-corrected chi connectivity index (χ4v) is 1.43. The lowest BCUT2D eigenvalue weighted by Crippen LogP contribution is -2.36. The summed E-state index contributed by atoms with van der Waals surface area (Å²) in [4.78, 5) is 0. The number of hydrogen-bond acceptors (Lipinski definition) is 3. The van der Waals surface area contributed by atoms with Crippen molar-refractivity contribution < 1.29 is 18.3 Å². The first-order valence-electron chi connectivity index (χ1n) is 5.73. The van der Waals surface area contributed by atoms with E-state index in [1.165, 1.54) is 6.07 Å². The van der Waals surface area contributed by atoms with Gasteiger partial charge in [0.2, 0.25) is 0 Å². The van der Waals surface area contributed by atoms with Crippen molar-refractivity contribution in [1.82, 2.24) is 5.32 Å². The standard InChI is InChI=1S/C13H19F2NO2/c1-13(2,17-3)9-16-8-10-6-4-5-7-11(10)18-12(14)15/h4-7,12,16H,8-9H2,1-3H3. The number of rotatable bonds is 7. The lowest BCUT2D eigenvalue weighted by molar-refractivity contribution is -0.0505. The third-order valence-electron chi connectivity index (χ3n) is 2.61. The van der Waals surface area contributed by atoms with Gasteiger partial charge in [0, 0.05) is 25.8 Å². The van der Waals surface area contributed by atoms with E-state index in [9.17, 15) is 8.78 Å². The van der Waals surface area contributed by atoms with Gasteiger partial charge in [-0.25, -0.2) is 0 Å². The maximum Gasteiger partial charge on any atom is 0.387 e. The monoisotopic (exact) mass is 259 g/mol. The van der Waals surface area contributed by atoms with E-state index in [0.29, 0.717) is 18.7 Å². The molecule has 102 valence electrons. The highest BCUT2D eigenvalue weighted by molar-refractivity contribution is 5.33. The zero-order chi connectivity index (χ0) is 13.6. The van der Waals surface area contributed by atoms with Gasteiger partial charge >= 0.3 is 6.61 Å². The highest BCUT2D eigenvalue weighted by Crippen LogP contribution is 2.20. The molecular formula is C13H19F2NO2. The van der Waals surface area contributed by atoms with Crippen molar-refractivity contribution >= 4 is 0 Å². The van der Waals surface area contributed by atoms with Crippen LogP contribution in [-0.4, -0.2) is 25.9 Å². The Kier molecular flexibility index (Phi) is 5.50. The number of benzene rings is 1. The van der Waals surface area contributed by atoms with Crippen molar-refractivity contribution in [2.45, 2.75) is 32.6 Å². The maximum atomic E-state index is 12.2. The molecule has 0 atom stereocenters. The molecule has 0 heterocycles. The van der Waals surface area contributed by atoms with E-state index in [2.05, 4.69) is 10.1 Å². The van der Waals surface area contributed by atoms with Gasteiger partial charge in [0.05, 0.1) is 5.60 Å². The molecule has 0 saturated heterocycles. The predicted octanol–water partition coefficient (Wildman–Crippen LogP) is 2.80. The number of halogens is 2. The van der Waals surface area contributed by atoms with Gasteiger partial charge in [-0.1, -0.05) is 18.2 Å². The molecule has 1 rings (SSSR count). The molecule has 5 heteroatoms. The number of para-hydroxylation sites is 1. The molecule has 0 aliphatic carbocycles. The molecule has 0 spiro atoms. The fraction of sp³-hybridized carbons (Fsp3) is 0.538. The normalized spacial score (nSPS) is 11.9. The predicted molar refractivity (Wildman–Crippen MR) is 65.9 cm³/mol. The second-order valence-electron chi connectivity index (χ2n) is 4.55. The Bertz CT molecular complexity index is 370. The summed E-state index contributed by atoms with van der Waals surface area (Å²) < 4.78 is 34.1. The van der Waals surface area contributed by atoms with Crippen LogP contribution < -0.4 is 10.1 Å². The van der Waals surface area contributed by atoms with Crippen LogP contribution >= 0.6 is 0 Å². The van der Waals surface area contributed by atoms with Crippen LogP contribution in [0.4, 0.5) is 8.78 Å². The Hall–Kier alpha value is -1.20. The molecule has 0 amide bonds. The third-order valence-corrected chi connectivity index (χ3v) is 2.61. The highest BCUT2D eigenvalue weighted by Gasteiger charge is 2.16. The van der Waals surface area contributed by atoms with Crippen molar-refractivity contribution in [3.05, 3.63) is 29.8 Å². The van der Waals surface area contributed by atoms with Crippen molar-refractivity contribution in [3.8, 4) is 5.75 Å². The smallest absolute Gasteiger partial charge is 0.387 e. The number of nitrogens with one attached hydrogen (secondary N) is 1. The van der Waals surface area contributed by atoms with Crippen LogP contribution in [0.2, 0.25) is 0 Å². The van der Waals surface area contributed by atoms with Crippen molar-refractivity contribution in [1.29, 1.82) is 0 Å². The number of hydrogen-bond donors (Lipinski definition) is 1. The molecule has 0 bridgehead atoms. The summed E-state index contributed by atoms with van der Waals surface area (Å²) in [5.74, 6) is 0.204. The summed E-state index contributed by atoms with van der Waals surface area (Å²) in [6, 6.07) is 6.74. The van der Waals surface area contributed by atoms with Crippen LogP contribution in [0, 0.1) is 0 Å². The first-order chi connectivity index (χ1) is 8.44. The highest BCUT2D eigenvalue weighted by atomic mass is 19.3. The Morgan fingerprint density at radius 3 is 2.56 bits per heavy atom. The second kappa shape index (κ2) is 6.66. The number of alkyl halides is 2. The van der Waals surface area contributed by atoms with E-state index in [4.69, 9.17) is 4.74 Å². The summed E-state index contributed by atoms with van der Waals surface area (Å²) in [7, 11) is 1.63. The number of ether oxygens (including phenoxy) is 2. The van der Waals surface area contributed by atoms with Crippen LogP contribution in [0.3, 0.4) is 0 Å². The Labute approximate surface area is 106 Å². The van der Waals surface area contributed by atoms with Crippen LogP contribution in [0.15, 0.2) is 24.3 Å². The minimum absolute atomic E-state index is 0.204. The van der Waals surface area contributed by atoms with Gasteiger partial charge < -0.3 is 14.8 Å². The topological polar surface area (TPSA) is 30.5 Å². The average molecular weight is 259 g/mol. The van der Waals surface area contributed by atoms with E-state index in [1.807, 2.05) is 13.8 Å². The molecule has 0 fully saturated rings.